The zero-order valence-corrected chi connectivity index (χ0v) is 12.8. The zero-order valence-electron chi connectivity index (χ0n) is 12.0. The highest BCUT2D eigenvalue weighted by molar-refractivity contribution is 7.89. The molecule has 0 aliphatic carbocycles. The number of aromatic nitrogens is 2. The molecule has 21 heavy (non-hydrogen) atoms. The molecule has 2 aromatic rings. The molecule has 0 atom stereocenters. The summed E-state index contributed by atoms with van der Waals surface area (Å²) in [5.74, 6) is 0. The summed E-state index contributed by atoms with van der Waals surface area (Å²) in [6.07, 6.45) is 3.57. The minimum atomic E-state index is -3.46. The number of nitrogens with two attached hydrogens (primary N) is 1. The highest BCUT2D eigenvalue weighted by atomic mass is 32.2. The summed E-state index contributed by atoms with van der Waals surface area (Å²) in [5.41, 5.74) is 6.98. The van der Waals surface area contributed by atoms with Crippen molar-refractivity contribution in [3.63, 3.8) is 0 Å². The first-order valence-corrected chi connectivity index (χ1v) is 7.88. The van der Waals surface area contributed by atoms with Crippen molar-refractivity contribution in [1.29, 1.82) is 0 Å². The molecule has 0 amide bonds. The summed E-state index contributed by atoms with van der Waals surface area (Å²) in [5, 5.41) is 7.23. The molecule has 0 aliphatic rings. The number of nitrogen functional groups attached to an aromatic ring is 1. The van der Waals surface area contributed by atoms with Gasteiger partial charge in [0.05, 0.1) is 22.8 Å². The Balaban J connectivity index is 2.12. The van der Waals surface area contributed by atoms with Gasteiger partial charge in [0.25, 0.3) is 0 Å². The van der Waals surface area contributed by atoms with E-state index < -0.39 is 10.0 Å². The highest BCUT2D eigenvalue weighted by Crippen LogP contribution is 2.24. The SMILES string of the molecule is CN(C)S(=O)(=O)c1ccc(N)c(NCCn2cccn2)c1. The number of hydrogen-bond acceptors (Lipinski definition) is 5. The van der Waals surface area contributed by atoms with Crippen LogP contribution in [0.3, 0.4) is 0 Å². The third-order valence-electron chi connectivity index (χ3n) is 3.02. The Hall–Kier alpha value is -2.06. The number of benzene rings is 1. The van der Waals surface area contributed by atoms with Crippen molar-refractivity contribution in [2.75, 3.05) is 31.7 Å². The largest absolute Gasteiger partial charge is 0.397 e. The number of anilines is 2. The van der Waals surface area contributed by atoms with Crippen LogP contribution >= 0.6 is 0 Å². The molecule has 3 N–H and O–H groups in total. The van der Waals surface area contributed by atoms with Gasteiger partial charge in [0.15, 0.2) is 0 Å². The fourth-order valence-electron chi connectivity index (χ4n) is 1.80. The number of hydrogen-bond donors (Lipinski definition) is 2. The molecular weight excluding hydrogens is 290 g/mol. The third kappa shape index (κ3) is 3.53. The molecule has 0 unspecified atom stereocenters. The maximum absolute atomic E-state index is 12.1. The summed E-state index contributed by atoms with van der Waals surface area (Å²) in [6, 6.07) is 6.49. The van der Waals surface area contributed by atoms with Crippen LogP contribution in [0.4, 0.5) is 11.4 Å². The molecule has 0 radical (unpaired) electrons. The molecule has 2 rings (SSSR count). The van der Waals surface area contributed by atoms with E-state index in [9.17, 15) is 8.42 Å². The molecule has 7 nitrogen and oxygen atoms in total. The van der Waals surface area contributed by atoms with Crippen LogP contribution in [0.25, 0.3) is 0 Å². The van der Waals surface area contributed by atoms with Gasteiger partial charge >= 0.3 is 0 Å². The number of sulfonamides is 1. The summed E-state index contributed by atoms with van der Waals surface area (Å²) in [6.45, 7) is 1.26. The molecule has 114 valence electrons. The van der Waals surface area contributed by atoms with Crippen molar-refractivity contribution in [2.45, 2.75) is 11.4 Å². The molecule has 1 aromatic carbocycles. The normalized spacial score (nSPS) is 11.8. The van der Waals surface area contributed by atoms with Crippen LogP contribution in [-0.2, 0) is 16.6 Å². The van der Waals surface area contributed by atoms with Crippen LogP contribution < -0.4 is 11.1 Å². The van der Waals surface area contributed by atoms with Crippen molar-refractivity contribution in [2.24, 2.45) is 0 Å². The minimum absolute atomic E-state index is 0.211. The van der Waals surface area contributed by atoms with E-state index in [0.29, 0.717) is 24.5 Å². The van der Waals surface area contributed by atoms with Crippen LogP contribution in [0.2, 0.25) is 0 Å². The summed E-state index contributed by atoms with van der Waals surface area (Å²) >= 11 is 0. The molecule has 8 heteroatoms. The van der Waals surface area contributed by atoms with E-state index in [1.807, 2.05) is 12.3 Å². The second-order valence-corrected chi connectivity index (χ2v) is 6.88. The lowest BCUT2D eigenvalue weighted by Crippen LogP contribution is -2.22. The Morgan fingerprint density at radius 3 is 2.76 bits per heavy atom. The first-order valence-electron chi connectivity index (χ1n) is 6.44. The fourth-order valence-corrected chi connectivity index (χ4v) is 2.73. The van der Waals surface area contributed by atoms with Crippen LogP contribution in [0.1, 0.15) is 0 Å². The van der Waals surface area contributed by atoms with Crippen molar-refractivity contribution < 1.29 is 8.42 Å². The Morgan fingerprint density at radius 2 is 2.14 bits per heavy atom. The van der Waals surface area contributed by atoms with Crippen LogP contribution in [0, 0.1) is 0 Å². The standard InChI is InChI=1S/C13H19N5O2S/c1-17(2)21(19,20)11-4-5-12(14)13(10-11)15-7-9-18-8-3-6-16-18/h3-6,8,10,15H,7,9,14H2,1-2H3. The molecule has 0 bridgehead atoms. The van der Waals surface area contributed by atoms with Crippen molar-refractivity contribution in [1.82, 2.24) is 14.1 Å². The molecule has 0 fully saturated rings. The van der Waals surface area contributed by atoms with Crippen molar-refractivity contribution in [3.05, 3.63) is 36.7 Å². The quantitative estimate of drug-likeness (QED) is 0.771. The average Bonchev–Trinajstić information content (AvgIpc) is 2.93. The van der Waals surface area contributed by atoms with Crippen LogP contribution in [0.5, 0.6) is 0 Å². The maximum atomic E-state index is 12.1. The van der Waals surface area contributed by atoms with Crippen molar-refractivity contribution >= 4 is 21.4 Å². The Labute approximate surface area is 124 Å². The number of nitrogens with zero attached hydrogens (tertiary/aromatic N) is 3. The molecular formula is C13H19N5O2S. The first kappa shape index (κ1) is 15.3. The second kappa shape index (κ2) is 6.15. The van der Waals surface area contributed by atoms with E-state index >= 15 is 0 Å². The minimum Gasteiger partial charge on any atom is -0.397 e. The third-order valence-corrected chi connectivity index (χ3v) is 4.83. The monoisotopic (exact) mass is 309 g/mol. The van der Waals surface area contributed by atoms with E-state index in [-0.39, 0.29) is 4.90 Å². The topological polar surface area (TPSA) is 93.3 Å². The molecule has 1 heterocycles. The van der Waals surface area contributed by atoms with E-state index in [0.717, 1.165) is 0 Å². The first-order chi connectivity index (χ1) is 9.91. The van der Waals surface area contributed by atoms with Gasteiger partial charge in [-0.2, -0.15) is 5.10 Å². The van der Waals surface area contributed by atoms with Gasteiger partial charge in [-0.1, -0.05) is 0 Å². The van der Waals surface area contributed by atoms with E-state index in [1.54, 1.807) is 23.0 Å². The second-order valence-electron chi connectivity index (χ2n) is 4.73. The van der Waals surface area contributed by atoms with Gasteiger partial charge < -0.3 is 11.1 Å². The molecule has 0 saturated carbocycles. The van der Waals surface area contributed by atoms with E-state index in [4.69, 9.17) is 5.73 Å². The average molecular weight is 309 g/mol. The van der Waals surface area contributed by atoms with Crippen LogP contribution in [-0.4, -0.2) is 43.1 Å². The van der Waals surface area contributed by atoms with Gasteiger partial charge in [-0.3, -0.25) is 4.68 Å². The zero-order chi connectivity index (χ0) is 15.5. The fraction of sp³-hybridized carbons (Fsp3) is 0.308. The lowest BCUT2D eigenvalue weighted by atomic mass is 10.2. The Morgan fingerprint density at radius 1 is 1.38 bits per heavy atom. The van der Waals surface area contributed by atoms with Crippen LogP contribution in [0.15, 0.2) is 41.6 Å². The smallest absolute Gasteiger partial charge is 0.242 e. The van der Waals surface area contributed by atoms with Gasteiger partial charge in [-0.05, 0) is 24.3 Å². The number of nitrogens with one attached hydrogen (secondary N) is 1. The van der Waals surface area contributed by atoms with Gasteiger partial charge in [0.1, 0.15) is 0 Å². The molecule has 1 aromatic heterocycles. The molecule has 0 aliphatic heterocycles. The predicted molar refractivity (Wildman–Crippen MR) is 82.4 cm³/mol. The molecule has 0 spiro atoms. The number of rotatable bonds is 6. The highest BCUT2D eigenvalue weighted by Gasteiger charge is 2.18. The van der Waals surface area contributed by atoms with Gasteiger partial charge in [-0.15, -0.1) is 0 Å². The maximum Gasteiger partial charge on any atom is 0.242 e. The Bertz CT molecular complexity index is 695. The van der Waals surface area contributed by atoms with Gasteiger partial charge in [0.2, 0.25) is 10.0 Å². The molecule has 0 saturated heterocycles. The Kier molecular flexibility index (Phi) is 4.49. The predicted octanol–water partition coefficient (Wildman–Crippen LogP) is 0.828. The van der Waals surface area contributed by atoms with Gasteiger partial charge in [-0.25, -0.2) is 12.7 Å². The summed E-state index contributed by atoms with van der Waals surface area (Å²) in [4.78, 5) is 0.211. The summed E-state index contributed by atoms with van der Waals surface area (Å²) in [7, 11) is -0.471. The van der Waals surface area contributed by atoms with Gasteiger partial charge in [0, 0.05) is 33.0 Å². The lowest BCUT2D eigenvalue weighted by molar-refractivity contribution is 0.521. The summed E-state index contributed by atoms with van der Waals surface area (Å²) < 4.78 is 27.2. The van der Waals surface area contributed by atoms with Crippen molar-refractivity contribution in [3.8, 4) is 0 Å². The lowest BCUT2D eigenvalue weighted by Gasteiger charge is -2.14. The van der Waals surface area contributed by atoms with E-state index in [2.05, 4.69) is 10.4 Å². The van der Waals surface area contributed by atoms with E-state index in [1.165, 1.54) is 24.5 Å².